The fourth-order valence-electron chi connectivity index (χ4n) is 2.11. The van der Waals surface area contributed by atoms with E-state index in [-0.39, 0.29) is 11.5 Å². The minimum absolute atomic E-state index is 0.0147. The highest BCUT2D eigenvalue weighted by atomic mass is 19.4. The maximum atomic E-state index is 12.8. The molecule has 0 saturated carbocycles. The van der Waals surface area contributed by atoms with E-state index in [0.29, 0.717) is 32.7 Å². The third-order valence-corrected chi connectivity index (χ3v) is 3.22. The zero-order valence-electron chi connectivity index (χ0n) is 11.0. The molecule has 0 aliphatic carbocycles. The van der Waals surface area contributed by atoms with E-state index >= 15 is 0 Å². The molecule has 1 aromatic heterocycles. The number of carbonyl (C=O) groups is 1. The number of anilines is 1. The van der Waals surface area contributed by atoms with Crippen LogP contribution in [0.25, 0.3) is 0 Å². The van der Waals surface area contributed by atoms with Gasteiger partial charge in [0.1, 0.15) is 6.29 Å². The molecule has 8 heteroatoms. The maximum Gasteiger partial charge on any atom is 0.433 e. The molecule has 2 heterocycles. The predicted octanol–water partition coefficient (Wildman–Crippen LogP) is 1.12. The molecule has 0 spiro atoms. The van der Waals surface area contributed by atoms with Crippen molar-refractivity contribution < 1.29 is 18.0 Å². The molecule has 1 saturated heterocycles. The molecular weight excluding hydrogens is 273 g/mol. The number of hydrogen-bond acceptors (Lipinski definition) is 5. The second-order valence-corrected chi connectivity index (χ2v) is 4.65. The number of halogens is 3. The standard InChI is InChI=1S/C12H15F3N4O/c1-9-8-16-11(17-10(9)12(13,14)15)19-4-2-18(3-5-19)6-7-20/h7-8H,2-6H2,1H3. The molecule has 1 aliphatic rings. The fraction of sp³-hybridized carbons (Fsp3) is 0.583. The van der Waals surface area contributed by atoms with Crippen molar-refractivity contribution in [2.75, 3.05) is 37.6 Å². The van der Waals surface area contributed by atoms with Crippen molar-refractivity contribution in [3.63, 3.8) is 0 Å². The van der Waals surface area contributed by atoms with Gasteiger partial charge in [0.15, 0.2) is 5.69 Å². The van der Waals surface area contributed by atoms with Crippen LogP contribution in [0.1, 0.15) is 11.3 Å². The Morgan fingerprint density at radius 1 is 1.30 bits per heavy atom. The molecule has 5 nitrogen and oxygen atoms in total. The first-order chi connectivity index (χ1) is 9.41. The number of nitrogens with zero attached hydrogens (tertiary/aromatic N) is 4. The first-order valence-electron chi connectivity index (χ1n) is 6.23. The third kappa shape index (κ3) is 3.24. The molecule has 20 heavy (non-hydrogen) atoms. The molecule has 0 bridgehead atoms. The Morgan fingerprint density at radius 3 is 2.50 bits per heavy atom. The van der Waals surface area contributed by atoms with Crippen LogP contribution in [0.2, 0.25) is 0 Å². The quantitative estimate of drug-likeness (QED) is 0.780. The zero-order valence-corrected chi connectivity index (χ0v) is 11.0. The van der Waals surface area contributed by atoms with E-state index in [1.165, 1.54) is 13.1 Å². The number of hydrogen-bond donors (Lipinski definition) is 0. The van der Waals surface area contributed by atoms with Gasteiger partial charge in [-0.3, -0.25) is 4.90 Å². The molecular formula is C12H15F3N4O. The Labute approximate surface area is 114 Å². The lowest BCUT2D eigenvalue weighted by molar-refractivity contribution is -0.141. The van der Waals surface area contributed by atoms with Gasteiger partial charge in [0.2, 0.25) is 5.95 Å². The highest BCUT2D eigenvalue weighted by molar-refractivity contribution is 5.52. The van der Waals surface area contributed by atoms with Gasteiger partial charge in [0, 0.05) is 32.4 Å². The van der Waals surface area contributed by atoms with Crippen molar-refractivity contribution in [1.29, 1.82) is 0 Å². The van der Waals surface area contributed by atoms with E-state index in [2.05, 4.69) is 9.97 Å². The van der Waals surface area contributed by atoms with E-state index in [1.54, 1.807) is 4.90 Å². The summed E-state index contributed by atoms with van der Waals surface area (Å²) in [7, 11) is 0. The molecule has 0 atom stereocenters. The molecule has 110 valence electrons. The highest BCUT2D eigenvalue weighted by Crippen LogP contribution is 2.30. The summed E-state index contributed by atoms with van der Waals surface area (Å²) >= 11 is 0. The smallest absolute Gasteiger partial charge is 0.338 e. The van der Waals surface area contributed by atoms with Crippen molar-refractivity contribution >= 4 is 12.2 Å². The minimum atomic E-state index is -4.47. The summed E-state index contributed by atoms with van der Waals surface area (Å²) in [5, 5.41) is 0. The van der Waals surface area contributed by atoms with Gasteiger partial charge in [0.25, 0.3) is 0 Å². The normalized spacial score (nSPS) is 17.3. The number of alkyl halides is 3. The van der Waals surface area contributed by atoms with Crippen LogP contribution in [0.3, 0.4) is 0 Å². The summed E-state index contributed by atoms with van der Waals surface area (Å²) in [6.45, 7) is 3.92. The van der Waals surface area contributed by atoms with Crippen LogP contribution >= 0.6 is 0 Å². The number of carbonyl (C=O) groups excluding carboxylic acids is 1. The predicted molar refractivity (Wildman–Crippen MR) is 66.5 cm³/mol. The Morgan fingerprint density at radius 2 is 1.95 bits per heavy atom. The number of rotatable bonds is 3. The van der Waals surface area contributed by atoms with Gasteiger partial charge in [-0.05, 0) is 12.5 Å². The van der Waals surface area contributed by atoms with E-state index in [4.69, 9.17) is 0 Å². The molecule has 1 aromatic rings. The lowest BCUT2D eigenvalue weighted by Crippen LogP contribution is -2.47. The Hall–Kier alpha value is -1.70. The fourth-order valence-corrected chi connectivity index (χ4v) is 2.11. The van der Waals surface area contributed by atoms with E-state index in [0.717, 1.165) is 6.29 Å². The number of aldehydes is 1. The maximum absolute atomic E-state index is 12.8. The molecule has 0 radical (unpaired) electrons. The minimum Gasteiger partial charge on any atom is -0.338 e. The highest BCUT2D eigenvalue weighted by Gasteiger charge is 2.35. The van der Waals surface area contributed by atoms with Gasteiger partial charge in [0.05, 0.1) is 6.54 Å². The Balaban J connectivity index is 2.13. The second kappa shape index (κ2) is 5.74. The first-order valence-corrected chi connectivity index (χ1v) is 6.23. The SMILES string of the molecule is Cc1cnc(N2CCN(CC=O)CC2)nc1C(F)(F)F. The molecule has 0 N–H and O–H groups in total. The monoisotopic (exact) mass is 288 g/mol. The third-order valence-electron chi connectivity index (χ3n) is 3.22. The summed E-state index contributed by atoms with van der Waals surface area (Å²) in [6, 6.07) is 0. The van der Waals surface area contributed by atoms with Crippen molar-refractivity contribution in [3.05, 3.63) is 17.5 Å². The van der Waals surface area contributed by atoms with Gasteiger partial charge < -0.3 is 9.69 Å². The summed E-state index contributed by atoms with van der Waals surface area (Å²) in [5.74, 6) is 0.0914. The van der Waals surface area contributed by atoms with E-state index < -0.39 is 11.9 Å². The lowest BCUT2D eigenvalue weighted by Gasteiger charge is -2.33. The Bertz CT molecular complexity index is 484. The average Bonchev–Trinajstić information content (AvgIpc) is 2.39. The second-order valence-electron chi connectivity index (χ2n) is 4.65. The van der Waals surface area contributed by atoms with Crippen LogP contribution < -0.4 is 4.90 Å². The average molecular weight is 288 g/mol. The molecule has 0 aromatic carbocycles. The van der Waals surface area contributed by atoms with E-state index in [1.807, 2.05) is 4.90 Å². The van der Waals surface area contributed by atoms with Crippen molar-refractivity contribution in [1.82, 2.24) is 14.9 Å². The lowest BCUT2D eigenvalue weighted by atomic mass is 10.2. The van der Waals surface area contributed by atoms with Crippen LogP contribution in [0.15, 0.2) is 6.20 Å². The van der Waals surface area contributed by atoms with Crippen LogP contribution in [0, 0.1) is 6.92 Å². The van der Waals surface area contributed by atoms with Crippen LogP contribution in [0.5, 0.6) is 0 Å². The van der Waals surface area contributed by atoms with Gasteiger partial charge in [-0.15, -0.1) is 0 Å². The largest absolute Gasteiger partial charge is 0.433 e. The Kier molecular flexibility index (Phi) is 4.22. The number of aryl methyl sites for hydroxylation is 1. The van der Waals surface area contributed by atoms with Crippen molar-refractivity contribution in [2.24, 2.45) is 0 Å². The van der Waals surface area contributed by atoms with Crippen LogP contribution in [-0.4, -0.2) is 53.9 Å². The molecule has 1 aliphatic heterocycles. The zero-order chi connectivity index (χ0) is 14.8. The molecule has 0 unspecified atom stereocenters. The van der Waals surface area contributed by atoms with Gasteiger partial charge >= 0.3 is 6.18 Å². The summed E-state index contributed by atoms with van der Waals surface area (Å²) in [6.07, 6.45) is -2.45. The summed E-state index contributed by atoms with van der Waals surface area (Å²) < 4.78 is 38.4. The summed E-state index contributed by atoms with van der Waals surface area (Å²) in [5.41, 5.74) is -0.876. The van der Waals surface area contributed by atoms with E-state index in [9.17, 15) is 18.0 Å². The van der Waals surface area contributed by atoms with Crippen LogP contribution in [-0.2, 0) is 11.0 Å². The van der Waals surface area contributed by atoms with Gasteiger partial charge in [-0.1, -0.05) is 0 Å². The summed E-state index contributed by atoms with van der Waals surface area (Å²) in [4.78, 5) is 21.7. The van der Waals surface area contributed by atoms with Gasteiger partial charge in [-0.2, -0.15) is 13.2 Å². The van der Waals surface area contributed by atoms with Gasteiger partial charge in [-0.25, -0.2) is 9.97 Å². The topological polar surface area (TPSA) is 49.3 Å². The molecule has 2 rings (SSSR count). The molecule has 1 fully saturated rings. The van der Waals surface area contributed by atoms with Crippen molar-refractivity contribution in [2.45, 2.75) is 13.1 Å². The first kappa shape index (κ1) is 14.7. The molecule has 0 amide bonds. The number of aromatic nitrogens is 2. The number of piperazine rings is 1. The van der Waals surface area contributed by atoms with Crippen molar-refractivity contribution in [3.8, 4) is 0 Å². The van der Waals surface area contributed by atoms with Crippen LogP contribution in [0.4, 0.5) is 19.1 Å².